The fourth-order valence-electron chi connectivity index (χ4n) is 0.556. The van der Waals surface area contributed by atoms with Gasteiger partial charge in [-0.05, 0) is 25.2 Å². The highest BCUT2D eigenvalue weighted by Crippen LogP contribution is 2.12. The van der Waals surface area contributed by atoms with E-state index in [-0.39, 0.29) is 0 Å². The Kier molecular flexibility index (Phi) is 4.22. The van der Waals surface area contributed by atoms with Crippen LogP contribution in [0.5, 0.6) is 0 Å². The van der Waals surface area contributed by atoms with Gasteiger partial charge in [0.15, 0.2) is 0 Å². The first-order chi connectivity index (χ1) is 4.52. The predicted octanol–water partition coefficient (Wildman–Crippen LogP) is 3.19. The molecule has 0 nitrogen and oxygen atoms in total. The van der Waals surface area contributed by atoms with Crippen LogP contribution in [0.15, 0.2) is 35.4 Å². The Balaban J connectivity index is 4.22. The molecule has 1 atom stereocenters. The zero-order chi connectivity index (χ0) is 8.15. The highest BCUT2D eigenvalue weighted by molar-refractivity contribution is 7.22. The fraction of sp³-hybridized carbons (Fsp3) is 0.250. The zero-order valence-corrected chi connectivity index (χ0v) is 7.47. The number of hydrogen-bond donors (Lipinski definition) is 0. The third kappa shape index (κ3) is 5.71. The van der Waals surface area contributed by atoms with Crippen molar-refractivity contribution in [1.82, 2.24) is 0 Å². The largest absolute Gasteiger partial charge is 0.208 e. The van der Waals surface area contributed by atoms with Crippen LogP contribution in [0, 0.1) is 0 Å². The third-order valence-electron chi connectivity index (χ3n) is 0.779. The van der Waals surface area contributed by atoms with Crippen LogP contribution >= 0.6 is 9.24 Å². The molecule has 0 aromatic heterocycles. The monoisotopic (exact) mass is 158 g/mol. The van der Waals surface area contributed by atoms with Gasteiger partial charge in [-0.15, -0.1) is 9.24 Å². The van der Waals surface area contributed by atoms with Gasteiger partial charge in [-0.25, -0.2) is 4.39 Å². The molecule has 0 bridgehead atoms. The summed E-state index contributed by atoms with van der Waals surface area (Å²) in [5, 5.41) is 0.813. The highest BCUT2D eigenvalue weighted by Gasteiger charge is 1.85. The minimum atomic E-state index is -0.414. The molecule has 0 heterocycles. The Morgan fingerprint density at radius 1 is 1.40 bits per heavy atom. The molecule has 0 radical (unpaired) electrons. The second-order valence-electron chi connectivity index (χ2n) is 2.31. The lowest BCUT2D eigenvalue weighted by Crippen LogP contribution is -1.67. The van der Waals surface area contributed by atoms with Crippen LogP contribution in [0.25, 0.3) is 0 Å². The van der Waals surface area contributed by atoms with E-state index in [9.17, 15) is 4.39 Å². The van der Waals surface area contributed by atoms with E-state index in [1.807, 2.05) is 19.9 Å². The van der Waals surface area contributed by atoms with Crippen molar-refractivity contribution in [3.63, 3.8) is 0 Å². The van der Waals surface area contributed by atoms with Gasteiger partial charge in [0.05, 0.1) is 0 Å². The summed E-state index contributed by atoms with van der Waals surface area (Å²) >= 11 is 0. The minimum absolute atomic E-state index is 0.414. The predicted molar refractivity (Wildman–Crippen MR) is 47.5 cm³/mol. The molecule has 0 aliphatic carbocycles. The summed E-state index contributed by atoms with van der Waals surface area (Å²) < 4.78 is 12.1. The molecular weight excluding hydrogens is 146 g/mol. The van der Waals surface area contributed by atoms with Crippen molar-refractivity contribution in [3.05, 3.63) is 35.4 Å². The summed E-state index contributed by atoms with van der Waals surface area (Å²) in [4.78, 5) is 0. The van der Waals surface area contributed by atoms with Gasteiger partial charge in [0, 0.05) is 0 Å². The van der Waals surface area contributed by atoms with Crippen LogP contribution in [0.4, 0.5) is 4.39 Å². The molecule has 0 aromatic carbocycles. The summed E-state index contributed by atoms with van der Waals surface area (Å²) in [5.74, 6) is -0.414. The highest BCUT2D eigenvalue weighted by atomic mass is 31.0. The third-order valence-corrected chi connectivity index (χ3v) is 1.11. The maximum atomic E-state index is 12.1. The molecule has 0 fully saturated rings. The fourth-order valence-corrected chi connectivity index (χ4v) is 1.07. The van der Waals surface area contributed by atoms with Gasteiger partial charge in [-0.2, -0.15) is 0 Å². The maximum Gasteiger partial charge on any atom is 0.116 e. The van der Waals surface area contributed by atoms with Crippen molar-refractivity contribution in [2.75, 3.05) is 0 Å². The topological polar surface area (TPSA) is 0 Å². The molecule has 10 heavy (non-hydrogen) atoms. The molecule has 1 unspecified atom stereocenters. The van der Waals surface area contributed by atoms with Crippen LogP contribution in [0.1, 0.15) is 13.8 Å². The first kappa shape index (κ1) is 9.58. The molecule has 0 saturated heterocycles. The molecule has 0 aliphatic rings. The second kappa shape index (κ2) is 4.40. The summed E-state index contributed by atoms with van der Waals surface area (Å²) in [6.07, 6.45) is 3.24. The Labute approximate surface area is 63.7 Å². The number of allylic oxidation sites excluding steroid dienone is 5. The molecule has 0 rings (SSSR count). The van der Waals surface area contributed by atoms with E-state index in [2.05, 4.69) is 15.8 Å². The van der Waals surface area contributed by atoms with E-state index in [4.69, 9.17) is 0 Å². The normalized spacial score (nSPS) is 11.0. The standard InChI is InChI=1S/C8H12FP/c1-6(2)4-8(10)5-7(3)9/h4-5H,3,10H2,1-2H3/b8-5+. The summed E-state index contributed by atoms with van der Waals surface area (Å²) in [7, 11) is 2.43. The minimum Gasteiger partial charge on any atom is -0.208 e. The Bertz CT molecular complexity index is 185. The maximum absolute atomic E-state index is 12.1. The van der Waals surface area contributed by atoms with Crippen molar-refractivity contribution in [1.29, 1.82) is 0 Å². The summed E-state index contributed by atoms with van der Waals surface area (Å²) in [6, 6.07) is 0. The van der Waals surface area contributed by atoms with Crippen molar-refractivity contribution in [2.24, 2.45) is 0 Å². The van der Waals surface area contributed by atoms with E-state index >= 15 is 0 Å². The Hall–Kier alpha value is -0.420. The van der Waals surface area contributed by atoms with Crippen molar-refractivity contribution < 1.29 is 4.39 Å². The zero-order valence-electron chi connectivity index (χ0n) is 6.32. The molecule has 0 amide bonds. The quantitative estimate of drug-likeness (QED) is 0.427. The Morgan fingerprint density at radius 2 is 1.90 bits per heavy atom. The number of halogens is 1. The molecule has 0 saturated carbocycles. The van der Waals surface area contributed by atoms with Crippen LogP contribution in [-0.4, -0.2) is 0 Å². The van der Waals surface area contributed by atoms with Gasteiger partial charge in [-0.1, -0.05) is 18.2 Å². The number of rotatable bonds is 2. The molecular formula is C8H12FP. The molecule has 0 N–H and O–H groups in total. The van der Waals surface area contributed by atoms with Gasteiger partial charge in [0.2, 0.25) is 0 Å². The van der Waals surface area contributed by atoms with Crippen molar-refractivity contribution >= 4 is 9.24 Å². The smallest absolute Gasteiger partial charge is 0.116 e. The van der Waals surface area contributed by atoms with Crippen LogP contribution < -0.4 is 0 Å². The first-order valence-electron chi connectivity index (χ1n) is 2.99. The molecule has 0 aliphatic heterocycles. The van der Waals surface area contributed by atoms with Crippen LogP contribution in [0.3, 0.4) is 0 Å². The summed E-state index contributed by atoms with van der Waals surface area (Å²) in [6.45, 7) is 7.03. The van der Waals surface area contributed by atoms with E-state index in [0.29, 0.717) is 0 Å². The van der Waals surface area contributed by atoms with Gasteiger partial charge in [-0.3, -0.25) is 0 Å². The average Bonchev–Trinajstić information content (AvgIpc) is 1.58. The van der Waals surface area contributed by atoms with E-state index in [0.717, 1.165) is 10.9 Å². The second-order valence-corrected chi connectivity index (χ2v) is 2.98. The van der Waals surface area contributed by atoms with E-state index in [1.54, 1.807) is 0 Å². The average molecular weight is 158 g/mol. The van der Waals surface area contributed by atoms with Gasteiger partial charge >= 0.3 is 0 Å². The molecule has 2 heteroatoms. The van der Waals surface area contributed by atoms with Gasteiger partial charge in [0.1, 0.15) is 5.83 Å². The van der Waals surface area contributed by atoms with Crippen molar-refractivity contribution in [2.45, 2.75) is 13.8 Å². The lowest BCUT2D eigenvalue weighted by atomic mass is 10.3. The lowest BCUT2D eigenvalue weighted by Gasteiger charge is -1.91. The SMILES string of the molecule is C=C(F)/C=C(/P)C=C(C)C. The first-order valence-corrected chi connectivity index (χ1v) is 3.56. The summed E-state index contributed by atoms with van der Waals surface area (Å²) in [5.41, 5.74) is 1.14. The number of hydrogen-bond acceptors (Lipinski definition) is 0. The molecule has 56 valence electrons. The van der Waals surface area contributed by atoms with E-state index in [1.165, 1.54) is 6.08 Å². The van der Waals surface area contributed by atoms with Gasteiger partial charge < -0.3 is 0 Å². The Morgan fingerprint density at radius 3 is 2.20 bits per heavy atom. The lowest BCUT2D eigenvalue weighted by molar-refractivity contribution is 0.671. The molecule has 0 aromatic rings. The molecule has 0 spiro atoms. The van der Waals surface area contributed by atoms with Crippen LogP contribution in [0.2, 0.25) is 0 Å². The van der Waals surface area contributed by atoms with E-state index < -0.39 is 5.83 Å². The van der Waals surface area contributed by atoms with Gasteiger partial charge in [0.25, 0.3) is 0 Å². The van der Waals surface area contributed by atoms with Crippen molar-refractivity contribution in [3.8, 4) is 0 Å². The van der Waals surface area contributed by atoms with Crippen LogP contribution in [-0.2, 0) is 0 Å².